The Bertz CT molecular complexity index is 311. The monoisotopic (exact) mass is 368 g/mol. The number of hydrogen-bond acceptors (Lipinski definition) is 6. The minimum atomic E-state index is -2.92. The van der Waals surface area contributed by atoms with Crippen LogP contribution in [0.5, 0.6) is 0 Å². The van der Waals surface area contributed by atoms with Crippen molar-refractivity contribution in [3.63, 3.8) is 0 Å². The molecule has 0 aliphatic rings. The third-order valence-electron chi connectivity index (χ3n) is 1.51. The molecule has 0 rings (SSSR count). The summed E-state index contributed by atoms with van der Waals surface area (Å²) in [6, 6.07) is 0. The maximum Gasteiger partial charge on any atom is 1.00 e. The Balaban J connectivity index is -0.000000375. The van der Waals surface area contributed by atoms with Crippen molar-refractivity contribution in [3.8, 4) is 0 Å². The van der Waals surface area contributed by atoms with Crippen LogP contribution in [0.25, 0.3) is 0 Å². The van der Waals surface area contributed by atoms with E-state index in [4.69, 9.17) is 15.3 Å². The molecule has 0 aromatic rings. The minimum absolute atomic E-state index is 0. The van der Waals surface area contributed by atoms with Crippen LogP contribution in [0.2, 0.25) is 0 Å². The van der Waals surface area contributed by atoms with Gasteiger partial charge >= 0.3 is 47.5 Å². The molecule has 3 N–H and O–H groups in total. The fourth-order valence-corrected chi connectivity index (χ4v) is 0.949. The van der Waals surface area contributed by atoms with Crippen molar-refractivity contribution in [2.75, 3.05) is 0 Å². The Hall–Kier alpha value is -0.650. The SMILES string of the molecule is O=C(O)CC(CC(=O)O)(O[N+](=O)[O-])C(=O)O.[Ag].[H-].[Na+]. The molecule has 0 fully saturated rings. The predicted molar refractivity (Wildman–Crippen MR) is 44.1 cm³/mol. The number of aliphatic carboxylic acids is 3. The van der Waals surface area contributed by atoms with E-state index in [9.17, 15) is 24.5 Å². The van der Waals surface area contributed by atoms with Crippen LogP contribution in [-0.4, -0.2) is 43.9 Å². The molecule has 0 saturated heterocycles. The smallest absolute Gasteiger partial charge is 1.00 e. The molecule has 12 heteroatoms. The zero-order valence-corrected chi connectivity index (χ0v) is 12.4. The van der Waals surface area contributed by atoms with E-state index in [0.717, 1.165) is 0 Å². The van der Waals surface area contributed by atoms with Crippen molar-refractivity contribution in [2.24, 2.45) is 0 Å². The van der Waals surface area contributed by atoms with Crippen LogP contribution in [0.3, 0.4) is 0 Å². The average Bonchev–Trinajstić information content (AvgIpc) is 1.98. The van der Waals surface area contributed by atoms with E-state index in [-0.39, 0.29) is 53.4 Å². The van der Waals surface area contributed by atoms with Gasteiger partial charge in [0, 0.05) is 22.4 Å². The Morgan fingerprint density at radius 1 is 1.17 bits per heavy atom. The van der Waals surface area contributed by atoms with Gasteiger partial charge in [0.05, 0.1) is 12.8 Å². The molecule has 0 heterocycles. The van der Waals surface area contributed by atoms with E-state index < -0.39 is 41.4 Å². The molecule has 0 unspecified atom stereocenters. The van der Waals surface area contributed by atoms with E-state index in [0.29, 0.717) is 0 Å². The van der Waals surface area contributed by atoms with Gasteiger partial charge in [-0.15, -0.1) is 10.1 Å². The maximum atomic E-state index is 10.7. The van der Waals surface area contributed by atoms with Crippen molar-refractivity contribution >= 4 is 17.9 Å². The number of rotatable bonds is 7. The predicted octanol–water partition coefficient (Wildman–Crippen LogP) is -3.92. The minimum Gasteiger partial charge on any atom is -1.00 e. The first-order valence-corrected chi connectivity index (χ1v) is 3.70. The fraction of sp³-hybridized carbons (Fsp3) is 0.500. The van der Waals surface area contributed by atoms with Gasteiger partial charge in [-0.05, 0) is 0 Å². The Morgan fingerprint density at radius 3 is 1.67 bits per heavy atom. The van der Waals surface area contributed by atoms with Crippen molar-refractivity contribution < 1.29 is 93.0 Å². The second kappa shape index (κ2) is 9.30. The van der Waals surface area contributed by atoms with Gasteiger partial charge in [0.15, 0.2) is 0 Å². The largest absolute Gasteiger partial charge is 1.00 e. The second-order valence-electron chi connectivity index (χ2n) is 2.76. The second-order valence-corrected chi connectivity index (χ2v) is 2.76. The number of carbonyl (C=O) groups is 3. The molecule has 0 aliphatic carbocycles. The van der Waals surface area contributed by atoms with E-state index in [1.165, 1.54) is 0 Å². The van der Waals surface area contributed by atoms with Crippen LogP contribution < -0.4 is 29.6 Å². The van der Waals surface area contributed by atoms with E-state index >= 15 is 0 Å². The summed E-state index contributed by atoms with van der Waals surface area (Å²) in [5.41, 5.74) is -2.92. The summed E-state index contributed by atoms with van der Waals surface area (Å²) >= 11 is 0. The first-order chi connectivity index (χ1) is 7.19. The maximum absolute atomic E-state index is 10.7. The number of nitrogens with zero attached hydrogens (tertiary/aromatic N) is 1. The van der Waals surface area contributed by atoms with Gasteiger partial charge in [0.1, 0.15) is 0 Å². The van der Waals surface area contributed by atoms with Gasteiger partial charge in [0.2, 0.25) is 5.60 Å². The van der Waals surface area contributed by atoms with E-state index in [1.54, 1.807) is 0 Å². The molecular formula is C6H8AgNNaO9. The molecule has 0 bridgehead atoms. The molecular weight excluding hydrogens is 361 g/mol. The summed E-state index contributed by atoms with van der Waals surface area (Å²) in [6.07, 6.45) is -2.68. The molecule has 18 heavy (non-hydrogen) atoms. The van der Waals surface area contributed by atoms with Gasteiger partial charge in [-0.25, -0.2) is 4.79 Å². The Morgan fingerprint density at radius 2 is 1.50 bits per heavy atom. The molecule has 1 radical (unpaired) electrons. The van der Waals surface area contributed by atoms with Crippen LogP contribution in [0.15, 0.2) is 0 Å². The summed E-state index contributed by atoms with van der Waals surface area (Å²) < 4.78 is 0. The van der Waals surface area contributed by atoms with Crippen molar-refractivity contribution in [2.45, 2.75) is 18.4 Å². The zero-order chi connectivity index (χ0) is 12.9. The van der Waals surface area contributed by atoms with Crippen LogP contribution in [0, 0.1) is 10.1 Å². The van der Waals surface area contributed by atoms with Crippen molar-refractivity contribution in [3.05, 3.63) is 10.1 Å². The summed E-state index contributed by atoms with van der Waals surface area (Å²) in [7, 11) is 0. The topological polar surface area (TPSA) is 164 Å². The molecule has 103 valence electrons. The van der Waals surface area contributed by atoms with E-state index in [1.807, 2.05) is 0 Å². The van der Waals surface area contributed by atoms with Crippen LogP contribution in [0.4, 0.5) is 0 Å². The molecule has 10 nitrogen and oxygen atoms in total. The van der Waals surface area contributed by atoms with Crippen LogP contribution >= 0.6 is 0 Å². The normalized spacial score (nSPS) is 9.33. The van der Waals surface area contributed by atoms with Gasteiger partial charge in [-0.1, -0.05) is 0 Å². The van der Waals surface area contributed by atoms with Gasteiger partial charge in [-0.3, -0.25) is 14.4 Å². The molecule has 0 spiro atoms. The van der Waals surface area contributed by atoms with Crippen molar-refractivity contribution in [1.29, 1.82) is 0 Å². The first-order valence-electron chi connectivity index (χ1n) is 3.70. The standard InChI is InChI=1S/C6H7NO9.Ag.Na.H/c8-3(9)1-6(5(12)13,2-4(10)11)16-7(14)15;;;/h1-2H2,(H,8,9)(H,10,11)(H,12,13);;;/q;;+1;-1. The molecule has 0 aliphatic heterocycles. The van der Waals surface area contributed by atoms with Gasteiger partial charge < -0.3 is 16.7 Å². The van der Waals surface area contributed by atoms with E-state index in [2.05, 4.69) is 4.84 Å². The van der Waals surface area contributed by atoms with Gasteiger partial charge in [0.25, 0.3) is 5.09 Å². The van der Waals surface area contributed by atoms with Crippen molar-refractivity contribution in [1.82, 2.24) is 0 Å². The Kier molecular flexibility index (Phi) is 11.6. The summed E-state index contributed by atoms with van der Waals surface area (Å²) in [5.74, 6) is -5.50. The van der Waals surface area contributed by atoms with Gasteiger partial charge in [-0.2, -0.15) is 0 Å². The summed E-state index contributed by atoms with van der Waals surface area (Å²) in [5, 5.41) is 33.8. The molecule has 0 aromatic carbocycles. The average molecular weight is 369 g/mol. The molecule has 0 saturated carbocycles. The zero-order valence-electron chi connectivity index (χ0n) is 9.95. The molecule has 0 aromatic heterocycles. The number of carboxylic acid groups (broad SMARTS) is 3. The molecule has 0 amide bonds. The first kappa shape index (κ1) is 22.5. The number of hydrogen-bond donors (Lipinski definition) is 3. The fourth-order valence-electron chi connectivity index (χ4n) is 0.949. The quantitative estimate of drug-likeness (QED) is 0.231. The molecule has 0 atom stereocenters. The van der Waals surface area contributed by atoms with Crippen LogP contribution in [-0.2, 0) is 41.6 Å². The third kappa shape index (κ3) is 7.63. The summed E-state index contributed by atoms with van der Waals surface area (Å²) in [4.78, 5) is 45.0. The Labute approximate surface area is 139 Å². The third-order valence-corrected chi connectivity index (χ3v) is 1.51. The summed E-state index contributed by atoms with van der Waals surface area (Å²) in [6.45, 7) is 0. The number of carboxylic acids is 3. The van der Waals surface area contributed by atoms with Crippen LogP contribution in [0.1, 0.15) is 14.3 Å².